The van der Waals surface area contributed by atoms with Crippen LogP contribution >= 0.6 is 0 Å². The number of ether oxygens (including phenoxy) is 3. The monoisotopic (exact) mass is 557 g/mol. The van der Waals surface area contributed by atoms with E-state index in [1.54, 1.807) is 12.1 Å². The minimum absolute atomic E-state index is 0.108. The Kier molecular flexibility index (Phi) is 7.43. The highest BCUT2D eigenvalue weighted by Crippen LogP contribution is 2.39. The van der Waals surface area contributed by atoms with Crippen LogP contribution in [0.25, 0.3) is 22.6 Å². The lowest BCUT2D eigenvalue weighted by atomic mass is 9.91. The number of aromatic amines is 1. The summed E-state index contributed by atoms with van der Waals surface area (Å²) in [7, 11) is 0. The number of hydrogen-bond donors (Lipinski definition) is 3. The van der Waals surface area contributed by atoms with Crippen molar-refractivity contribution < 1.29 is 28.2 Å². The molecule has 3 heterocycles. The van der Waals surface area contributed by atoms with Gasteiger partial charge in [0.1, 0.15) is 17.3 Å². The molecule has 41 heavy (non-hydrogen) atoms. The Morgan fingerprint density at radius 2 is 1.83 bits per heavy atom. The Morgan fingerprint density at radius 1 is 1.12 bits per heavy atom. The van der Waals surface area contributed by atoms with E-state index in [0.29, 0.717) is 22.6 Å². The maximum atomic E-state index is 13.8. The molecular formula is C28H24FN7O5. The number of halogens is 1. The molecular weight excluding hydrogens is 533 g/mol. The Balaban J connectivity index is 1.55. The number of rotatable bonds is 8. The van der Waals surface area contributed by atoms with Crippen molar-refractivity contribution in [1.82, 2.24) is 19.9 Å². The summed E-state index contributed by atoms with van der Waals surface area (Å²) in [6, 6.07) is 18.2. The van der Waals surface area contributed by atoms with Crippen molar-refractivity contribution in [2.24, 2.45) is 11.1 Å². The zero-order valence-electron chi connectivity index (χ0n) is 21.8. The third-order valence-corrected chi connectivity index (χ3v) is 6.35. The van der Waals surface area contributed by atoms with Crippen molar-refractivity contribution in [2.75, 3.05) is 25.1 Å². The van der Waals surface area contributed by atoms with Crippen molar-refractivity contribution in [1.29, 1.82) is 5.26 Å². The molecule has 0 spiro atoms. The molecule has 0 atom stereocenters. The summed E-state index contributed by atoms with van der Waals surface area (Å²) in [5, 5.41) is 11.8. The van der Waals surface area contributed by atoms with Gasteiger partial charge >= 0.3 is 11.8 Å². The maximum absolute atomic E-state index is 13.8. The van der Waals surface area contributed by atoms with Gasteiger partial charge in [-0.2, -0.15) is 5.26 Å². The van der Waals surface area contributed by atoms with Crippen LogP contribution in [0.1, 0.15) is 12.7 Å². The average Bonchev–Trinajstić information content (AvgIpc) is 3.43. The molecule has 0 unspecified atom stereocenters. The number of carbonyl (C=O) groups is 2. The molecule has 1 amide bonds. The Labute approximate surface area is 233 Å². The van der Waals surface area contributed by atoms with Crippen molar-refractivity contribution >= 4 is 23.5 Å². The number of benzene rings is 2. The molecule has 1 aliphatic rings. The van der Waals surface area contributed by atoms with Gasteiger partial charge in [-0.05, 0) is 49.4 Å². The lowest BCUT2D eigenvalue weighted by Crippen LogP contribution is -2.56. The van der Waals surface area contributed by atoms with Crippen LogP contribution in [0.5, 0.6) is 0 Å². The van der Waals surface area contributed by atoms with Gasteiger partial charge in [-0.25, -0.2) is 19.3 Å². The summed E-state index contributed by atoms with van der Waals surface area (Å²) in [4.78, 5) is 41.8. The molecule has 13 heteroatoms. The lowest BCUT2D eigenvalue weighted by Gasteiger charge is -2.40. The van der Waals surface area contributed by atoms with Crippen molar-refractivity contribution in [3.63, 3.8) is 0 Å². The molecule has 0 aliphatic carbocycles. The molecule has 2 aromatic carbocycles. The summed E-state index contributed by atoms with van der Waals surface area (Å²) >= 11 is 0. The molecule has 4 aromatic rings. The van der Waals surface area contributed by atoms with Crippen LogP contribution in [0, 0.1) is 22.6 Å². The van der Waals surface area contributed by atoms with Gasteiger partial charge < -0.3 is 30.2 Å². The van der Waals surface area contributed by atoms with Gasteiger partial charge in [0.05, 0.1) is 30.3 Å². The SMILES string of the molecule is CC1(C(=O)OCC#N)COC(C(N)=O)(c2nc(-c3ccc(F)cc3)c(-c3ccnc(Nc4ccccc4)n3)[nH]2)OC1. The number of imidazole rings is 1. The van der Waals surface area contributed by atoms with E-state index in [2.05, 4.69) is 25.3 Å². The molecule has 1 saturated heterocycles. The second kappa shape index (κ2) is 11.1. The Morgan fingerprint density at radius 3 is 2.49 bits per heavy atom. The fourth-order valence-electron chi connectivity index (χ4n) is 4.13. The molecule has 0 bridgehead atoms. The highest BCUT2D eigenvalue weighted by atomic mass is 19.1. The number of aromatic nitrogens is 4. The average molecular weight is 558 g/mol. The number of anilines is 2. The first kappa shape index (κ1) is 27.4. The zero-order valence-corrected chi connectivity index (χ0v) is 21.8. The van der Waals surface area contributed by atoms with E-state index < -0.39 is 35.5 Å². The molecule has 12 nitrogen and oxygen atoms in total. The predicted molar refractivity (Wildman–Crippen MR) is 142 cm³/mol. The summed E-state index contributed by atoms with van der Waals surface area (Å²) in [6.07, 6.45) is 1.54. The second-order valence-corrected chi connectivity index (χ2v) is 9.43. The molecule has 1 fully saturated rings. The van der Waals surface area contributed by atoms with Gasteiger partial charge in [0.25, 0.3) is 5.91 Å². The van der Waals surface area contributed by atoms with Gasteiger partial charge in [-0.3, -0.25) is 9.59 Å². The number of nitriles is 1. The Hall–Kier alpha value is -5.19. The quantitative estimate of drug-likeness (QED) is 0.273. The summed E-state index contributed by atoms with van der Waals surface area (Å²) in [5.41, 5.74) is 6.75. The smallest absolute Gasteiger partial charge is 0.317 e. The van der Waals surface area contributed by atoms with E-state index in [1.807, 2.05) is 30.3 Å². The van der Waals surface area contributed by atoms with Gasteiger partial charge in [0, 0.05) is 17.4 Å². The van der Waals surface area contributed by atoms with Gasteiger partial charge in [0.15, 0.2) is 12.4 Å². The number of nitrogens with zero attached hydrogens (tertiary/aromatic N) is 4. The summed E-state index contributed by atoms with van der Waals surface area (Å²) < 4.78 is 30.3. The number of H-pyrrole nitrogens is 1. The van der Waals surface area contributed by atoms with E-state index in [-0.39, 0.29) is 25.0 Å². The zero-order chi connectivity index (χ0) is 29.0. The van der Waals surface area contributed by atoms with Crippen LogP contribution in [0.15, 0.2) is 66.9 Å². The van der Waals surface area contributed by atoms with Crippen LogP contribution in [-0.4, -0.2) is 51.6 Å². The van der Waals surface area contributed by atoms with Crippen LogP contribution in [0.2, 0.25) is 0 Å². The number of amides is 1. The van der Waals surface area contributed by atoms with E-state index in [9.17, 15) is 14.0 Å². The molecule has 1 aliphatic heterocycles. The van der Waals surface area contributed by atoms with Crippen molar-refractivity contribution in [2.45, 2.75) is 12.7 Å². The van der Waals surface area contributed by atoms with Crippen LogP contribution in [0.4, 0.5) is 16.0 Å². The van der Waals surface area contributed by atoms with E-state index in [4.69, 9.17) is 25.2 Å². The highest BCUT2D eigenvalue weighted by Gasteiger charge is 2.54. The first-order valence-electron chi connectivity index (χ1n) is 12.4. The molecule has 2 aromatic heterocycles. The predicted octanol–water partition coefficient (Wildman–Crippen LogP) is 3.17. The van der Waals surface area contributed by atoms with Crippen LogP contribution < -0.4 is 11.1 Å². The maximum Gasteiger partial charge on any atom is 0.317 e. The molecule has 4 N–H and O–H groups in total. The highest BCUT2D eigenvalue weighted by molar-refractivity contribution is 5.85. The number of para-hydroxylation sites is 1. The van der Waals surface area contributed by atoms with Crippen molar-refractivity contribution in [3.05, 3.63) is 78.5 Å². The second-order valence-electron chi connectivity index (χ2n) is 9.43. The summed E-state index contributed by atoms with van der Waals surface area (Å²) in [5.74, 6) is -4.22. The minimum Gasteiger partial charge on any atom is -0.450 e. The number of esters is 1. The Bertz CT molecular complexity index is 1610. The van der Waals surface area contributed by atoms with Crippen LogP contribution in [0.3, 0.4) is 0 Å². The number of hydrogen-bond acceptors (Lipinski definition) is 10. The first-order valence-corrected chi connectivity index (χ1v) is 12.4. The van der Waals surface area contributed by atoms with Gasteiger partial charge in [-0.1, -0.05) is 18.2 Å². The van der Waals surface area contributed by atoms with Crippen LogP contribution in [-0.2, 0) is 29.6 Å². The molecule has 0 radical (unpaired) electrons. The number of carbonyl (C=O) groups excluding carboxylic acids is 2. The lowest BCUT2D eigenvalue weighted by molar-refractivity contribution is -0.293. The fraction of sp³-hybridized carbons (Fsp3) is 0.214. The third kappa shape index (κ3) is 5.46. The number of nitrogens with one attached hydrogen (secondary N) is 2. The number of primary amides is 1. The fourth-order valence-corrected chi connectivity index (χ4v) is 4.13. The molecule has 208 valence electrons. The standard InChI is InChI=1S/C28H24FN7O5/c1-27(25(38)39-14-12-30)15-40-28(23(31)37,41-16-27)24-35-21(17-7-9-18(29)10-8-17)22(36-24)20-11-13-32-26(34-20)33-19-5-3-2-4-6-19/h2-11,13H,14-16H2,1H3,(H2,31,37)(H,35,36)(H,32,33,34). The van der Waals surface area contributed by atoms with Gasteiger partial charge in [0.2, 0.25) is 5.95 Å². The van der Waals surface area contributed by atoms with Crippen molar-refractivity contribution in [3.8, 4) is 28.7 Å². The largest absolute Gasteiger partial charge is 0.450 e. The van der Waals surface area contributed by atoms with E-state index in [1.165, 1.54) is 37.4 Å². The third-order valence-electron chi connectivity index (χ3n) is 6.35. The topological polar surface area (TPSA) is 178 Å². The molecule has 0 saturated carbocycles. The molecule has 5 rings (SSSR count). The number of nitrogens with two attached hydrogens (primary N) is 1. The van der Waals surface area contributed by atoms with E-state index >= 15 is 0 Å². The van der Waals surface area contributed by atoms with E-state index in [0.717, 1.165) is 5.69 Å². The minimum atomic E-state index is -2.19. The first-order chi connectivity index (χ1) is 19.7. The normalized spacial score (nSPS) is 20.1. The summed E-state index contributed by atoms with van der Waals surface area (Å²) in [6.45, 7) is 0.427. The van der Waals surface area contributed by atoms with Gasteiger partial charge in [-0.15, -0.1) is 0 Å².